The van der Waals surface area contributed by atoms with Crippen molar-refractivity contribution in [3.63, 3.8) is 0 Å². The lowest BCUT2D eigenvalue weighted by Crippen LogP contribution is -2.24. The van der Waals surface area contributed by atoms with Crippen LogP contribution >= 0.6 is 22.7 Å². The fourth-order valence-corrected chi connectivity index (χ4v) is 13.0. The van der Waals surface area contributed by atoms with E-state index in [2.05, 4.69) is 231 Å². The summed E-state index contributed by atoms with van der Waals surface area (Å²) in [4.78, 5) is 4.86. The molecule has 0 spiro atoms. The Labute approximate surface area is 380 Å². The number of aryl methyl sites for hydroxylation is 1. The summed E-state index contributed by atoms with van der Waals surface area (Å²) in [6.07, 6.45) is 0. The van der Waals surface area contributed by atoms with E-state index in [0.29, 0.717) is 0 Å². The lowest BCUT2D eigenvalue weighted by Gasteiger charge is -2.37. The van der Waals surface area contributed by atoms with Crippen LogP contribution in [0.1, 0.15) is 30.5 Å². The smallest absolute Gasteiger partial charge is 0.0476 e. The average Bonchev–Trinajstić information content (AvgIpc) is 3.90. The first kappa shape index (κ1) is 37.3. The van der Waals surface area contributed by atoms with Crippen LogP contribution in [0.15, 0.2) is 200 Å². The largest absolute Gasteiger partial charge is 0.310 e. The van der Waals surface area contributed by atoms with Crippen molar-refractivity contribution < 1.29 is 0 Å². The predicted molar refractivity (Wildman–Crippen MR) is 279 cm³/mol. The van der Waals surface area contributed by atoms with Crippen LogP contribution in [0.3, 0.4) is 0 Å². The zero-order chi connectivity index (χ0) is 42.7. The lowest BCUT2D eigenvalue weighted by atomic mass is 9.67. The van der Waals surface area contributed by atoms with Crippen molar-refractivity contribution in [3.8, 4) is 11.1 Å². The van der Waals surface area contributed by atoms with Gasteiger partial charge in [0.25, 0.3) is 0 Å². The van der Waals surface area contributed by atoms with Gasteiger partial charge in [0.2, 0.25) is 0 Å². The van der Waals surface area contributed by atoms with Crippen molar-refractivity contribution >= 4 is 119 Å². The second-order valence-corrected chi connectivity index (χ2v) is 19.9. The van der Waals surface area contributed by atoms with E-state index >= 15 is 0 Å². The molecule has 12 aromatic rings. The number of hydrogen-bond acceptors (Lipinski definition) is 4. The third-order valence-electron chi connectivity index (χ3n) is 13.8. The Hall–Kier alpha value is -7.24. The van der Waals surface area contributed by atoms with Crippen LogP contribution in [0.5, 0.6) is 0 Å². The summed E-state index contributed by atoms with van der Waals surface area (Å²) in [5.74, 6) is 0. The molecule has 1 aliphatic carbocycles. The third kappa shape index (κ3) is 5.56. The minimum atomic E-state index is -0.262. The summed E-state index contributed by atoms with van der Waals surface area (Å²) in [5.41, 5.74) is 13.3. The summed E-state index contributed by atoms with van der Waals surface area (Å²) < 4.78 is 5.25. The molecule has 1 aliphatic rings. The Kier molecular flexibility index (Phi) is 8.24. The highest BCUT2D eigenvalue weighted by atomic mass is 32.1. The normalized spacial score (nSPS) is 13.0. The summed E-state index contributed by atoms with van der Waals surface area (Å²) in [6.45, 7) is 7.17. The highest BCUT2D eigenvalue weighted by molar-refractivity contribution is 7.26. The summed E-state index contributed by atoms with van der Waals surface area (Å²) >= 11 is 3.73. The first-order valence-electron chi connectivity index (χ1n) is 22.1. The van der Waals surface area contributed by atoms with E-state index in [1.54, 1.807) is 0 Å². The molecule has 4 heteroatoms. The third-order valence-corrected chi connectivity index (χ3v) is 16.1. The lowest BCUT2D eigenvalue weighted by molar-refractivity contribution is 0.645. The van der Waals surface area contributed by atoms with Crippen LogP contribution in [-0.4, -0.2) is 0 Å². The van der Waals surface area contributed by atoms with Crippen molar-refractivity contribution in [2.45, 2.75) is 26.2 Å². The SMILES string of the molecule is Cc1c2c3c(cccc3c3cc(N(c4ccccc4)c4ccc5sc6ccccc6c5c4)ccc13)C(C)(C)c1cc(N(c3ccccc3)c3ccc4c(c3)sc3ccccc34)ccc1-2. The van der Waals surface area contributed by atoms with Gasteiger partial charge < -0.3 is 9.80 Å². The molecule has 0 saturated heterocycles. The van der Waals surface area contributed by atoms with Crippen molar-refractivity contribution in [1.82, 2.24) is 0 Å². The monoisotopic (exact) mass is 854 g/mol. The Balaban J connectivity index is 0.985. The van der Waals surface area contributed by atoms with Gasteiger partial charge in [-0.05, 0) is 147 Å². The zero-order valence-electron chi connectivity index (χ0n) is 35.8. The van der Waals surface area contributed by atoms with Gasteiger partial charge in [-0.15, -0.1) is 22.7 Å². The van der Waals surface area contributed by atoms with E-state index in [4.69, 9.17) is 0 Å². The van der Waals surface area contributed by atoms with E-state index < -0.39 is 0 Å². The Morgan fingerprint density at radius 3 is 1.55 bits per heavy atom. The number of thiophene rings is 2. The van der Waals surface area contributed by atoms with E-state index in [0.717, 1.165) is 34.1 Å². The molecule has 2 heterocycles. The molecule has 2 nitrogen and oxygen atoms in total. The number of benzene rings is 10. The van der Waals surface area contributed by atoms with Gasteiger partial charge in [0.1, 0.15) is 0 Å². The van der Waals surface area contributed by atoms with Gasteiger partial charge in [-0.3, -0.25) is 0 Å². The van der Waals surface area contributed by atoms with Gasteiger partial charge in [-0.2, -0.15) is 0 Å². The van der Waals surface area contributed by atoms with Crippen molar-refractivity contribution in [2.24, 2.45) is 0 Å². The van der Waals surface area contributed by atoms with Crippen LogP contribution in [0.2, 0.25) is 0 Å². The first-order chi connectivity index (χ1) is 31.4. The number of anilines is 6. The van der Waals surface area contributed by atoms with E-state index in [1.807, 2.05) is 22.7 Å². The van der Waals surface area contributed by atoms with Gasteiger partial charge >= 0.3 is 0 Å². The molecule has 304 valence electrons. The quantitative estimate of drug-likeness (QED) is 0.154. The molecule has 0 fully saturated rings. The van der Waals surface area contributed by atoms with E-state index in [-0.39, 0.29) is 5.41 Å². The van der Waals surface area contributed by atoms with Gasteiger partial charge in [0.15, 0.2) is 0 Å². The average molecular weight is 855 g/mol. The standard InChI is InChI=1S/C60H42N2S2/c1-37-44-29-25-40(61(38-15-6-4-7-16-38)41-28-32-56-51(34-41)46-20-11-13-24-55(46)63-56)33-50(44)48-21-14-22-52-59(48)58(37)49-31-27-42(35-53(49)60(52,2)3)62(39-17-8-5-9-18-39)43-26-30-47-45-19-10-12-23-54(45)64-57(47)36-43/h4-36H,1-3H3. The molecule has 0 unspecified atom stereocenters. The molecule has 0 aliphatic heterocycles. The maximum absolute atomic E-state index is 2.47. The molecule has 0 bridgehead atoms. The number of fused-ring (bicyclic) bond motifs is 10. The van der Waals surface area contributed by atoms with Crippen LogP contribution in [-0.2, 0) is 5.41 Å². The van der Waals surface area contributed by atoms with Crippen LogP contribution in [0.4, 0.5) is 34.1 Å². The van der Waals surface area contributed by atoms with Crippen molar-refractivity contribution in [1.29, 1.82) is 0 Å². The summed E-state index contributed by atoms with van der Waals surface area (Å²) in [6, 6.07) is 74.4. The minimum absolute atomic E-state index is 0.262. The van der Waals surface area contributed by atoms with Crippen LogP contribution in [0.25, 0.3) is 73.0 Å². The number of para-hydroxylation sites is 2. The Morgan fingerprint density at radius 2 is 0.844 bits per heavy atom. The number of rotatable bonds is 6. The maximum atomic E-state index is 2.47. The molecule has 0 radical (unpaired) electrons. The van der Waals surface area contributed by atoms with E-state index in [1.165, 1.54) is 89.7 Å². The first-order valence-corrected chi connectivity index (χ1v) is 23.7. The second kappa shape index (κ2) is 14.1. The number of nitrogens with zero attached hydrogens (tertiary/aromatic N) is 2. The van der Waals surface area contributed by atoms with Gasteiger partial charge in [0.05, 0.1) is 0 Å². The predicted octanol–water partition coefficient (Wildman–Crippen LogP) is 18.3. The molecular weight excluding hydrogens is 813 g/mol. The molecule has 2 aromatic heterocycles. The Morgan fingerprint density at radius 1 is 0.344 bits per heavy atom. The Bertz CT molecular complexity index is 3840. The molecule has 13 rings (SSSR count). The highest BCUT2D eigenvalue weighted by Crippen LogP contribution is 2.54. The molecule has 0 N–H and O–H groups in total. The van der Waals surface area contributed by atoms with E-state index in [9.17, 15) is 0 Å². The molecule has 0 amide bonds. The molecule has 0 atom stereocenters. The van der Waals surface area contributed by atoms with Gasteiger partial charge in [0, 0.05) is 79.9 Å². The van der Waals surface area contributed by atoms with Gasteiger partial charge in [-0.25, -0.2) is 0 Å². The van der Waals surface area contributed by atoms with Crippen molar-refractivity contribution in [3.05, 3.63) is 217 Å². The molecular formula is C60H42N2S2. The minimum Gasteiger partial charge on any atom is -0.310 e. The molecule has 64 heavy (non-hydrogen) atoms. The zero-order valence-corrected chi connectivity index (χ0v) is 37.4. The fourth-order valence-electron chi connectivity index (χ4n) is 10.8. The topological polar surface area (TPSA) is 6.48 Å². The highest BCUT2D eigenvalue weighted by Gasteiger charge is 2.36. The van der Waals surface area contributed by atoms with Crippen LogP contribution in [0, 0.1) is 6.92 Å². The molecule has 0 saturated carbocycles. The maximum Gasteiger partial charge on any atom is 0.0476 e. The second-order valence-electron chi connectivity index (χ2n) is 17.7. The summed E-state index contributed by atoms with van der Waals surface area (Å²) in [5, 5.41) is 10.5. The number of hydrogen-bond donors (Lipinski definition) is 0. The fraction of sp³-hybridized carbons (Fsp3) is 0.0667. The van der Waals surface area contributed by atoms with Crippen molar-refractivity contribution in [2.75, 3.05) is 9.80 Å². The van der Waals surface area contributed by atoms with Gasteiger partial charge in [-0.1, -0.05) is 123 Å². The molecule has 10 aromatic carbocycles. The van der Waals surface area contributed by atoms with Crippen LogP contribution < -0.4 is 9.80 Å². The summed E-state index contributed by atoms with van der Waals surface area (Å²) in [7, 11) is 0.